The van der Waals surface area contributed by atoms with Gasteiger partial charge in [-0.2, -0.15) is 0 Å². The quantitative estimate of drug-likeness (QED) is 0.585. The van der Waals surface area contributed by atoms with Gasteiger partial charge in [-0.05, 0) is 24.1 Å². The summed E-state index contributed by atoms with van der Waals surface area (Å²) in [4.78, 5) is 11.2. The molecule has 1 unspecified atom stereocenters. The highest BCUT2D eigenvalue weighted by molar-refractivity contribution is 6.00. The molecule has 0 fully saturated rings. The van der Waals surface area contributed by atoms with Crippen molar-refractivity contribution in [3.8, 4) is 0 Å². The second kappa shape index (κ2) is 4.63. The fourth-order valence-corrected chi connectivity index (χ4v) is 1.92. The maximum Gasteiger partial charge on any atom is 0.228 e. The molecule has 0 bridgehead atoms. The summed E-state index contributed by atoms with van der Waals surface area (Å²) >= 11 is 0. The number of nitrogens with two attached hydrogens (primary N) is 1. The van der Waals surface area contributed by atoms with Crippen molar-refractivity contribution in [2.75, 3.05) is 23.0 Å². The largest absolute Gasteiger partial charge is 0.397 e. The molecule has 0 spiro atoms. The topological polar surface area (TPSA) is 87.4 Å². The summed E-state index contributed by atoms with van der Waals surface area (Å²) in [5.41, 5.74) is 9.00. The van der Waals surface area contributed by atoms with Crippen molar-refractivity contribution >= 4 is 23.0 Å². The normalized spacial score (nSPS) is 15.3. The van der Waals surface area contributed by atoms with Crippen molar-refractivity contribution in [3.05, 3.63) is 17.7 Å². The van der Waals surface area contributed by atoms with Gasteiger partial charge in [-0.15, -0.1) is 0 Å². The number of hydrogen-bond acceptors (Lipinski definition) is 4. The molecule has 1 aromatic carbocycles. The number of amides is 1. The number of nitrogens with one attached hydrogen (secondary N) is 2. The summed E-state index contributed by atoms with van der Waals surface area (Å²) in [7, 11) is 0. The highest BCUT2D eigenvalue weighted by Crippen LogP contribution is 2.31. The summed E-state index contributed by atoms with van der Waals surface area (Å²) in [6.07, 6.45) is 1.19. The number of carbonyl (C=O) groups is 1. The number of carbonyl (C=O) groups excluding carboxylic acids is 1. The Hall–Kier alpha value is -1.75. The van der Waals surface area contributed by atoms with Crippen molar-refractivity contribution in [1.82, 2.24) is 0 Å². The molecular weight excluding hydrogens is 218 g/mol. The summed E-state index contributed by atoms with van der Waals surface area (Å²) in [6.45, 7) is 2.04. The summed E-state index contributed by atoms with van der Waals surface area (Å²) in [5, 5.41) is 15.1. The molecule has 0 saturated carbocycles. The van der Waals surface area contributed by atoms with Crippen molar-refractivity contribution in [2.24, 2.45) is 0 Å². The Morgan fingerprint density at radius 3 is 3.00 bits per heavy atom. The average molecular weight is 235 g/mol. The lowest BCUT2D eigenvalue weighted by molar-refractivity contribution is -0.115. The fourth-order valence-electron chi connectivity index (χ4n) is 1.92. The Morgan fingerprint density at radius 1 is 1.59 bits per heavy atom. The average Bonchev–Trinajstić information content (AvgIpc) is 2.65. The number of fused-ring (bicyclic) bond motifs is 1. The van der Waals surface area contributed by atoms with Crippen LogP contribution in [0.4, 0.5) is 17.1 Å². The van der Waals surface area contributed by atoms with Crippen LogP contribution in [0.3, 0.4) is 0 Å². The lowest BCUT2D eigenvalue weighted by Crippen LogP contribution is -2.23. The molecule has 1 aromatic rings. The Bertz CT molecular complexity index is 442. The smallest absolute Gasteiger partial charge is 0.228 e. The van der Waals surface area contributed by atoms with Crippen LogP contribution in [-0.2, 0) is 11.2 Å². The van der Waals surface area contributed by atoms with Gasteiger partial charge in [-0.1, -0.05) is 6.92 Å². The van der Waals surface area contributed by atoms with Crippen LogP contribution < -0.4 is 16.4 Å². The molecule has 0 radical (unpaired) electrons. The molecule has 1 atom stereocenters. The number of nitrogen functional groups attached to an aromatic ring is 1. The minimum absolute atomic E-state index is 0.00857. The molecule has 1 amide bonds. The highest BCUT2D eigenvalue weighted by atomic mass is 16.3. The number of aliphatic hydroxyl groups is 1. The van der Waals surface area contributed by atoms with Gasteiger partial charge in [0.2, 0.25) is 5.91 Å². The Kier molecular flexibility index (Phi) is 3.19. The predicted octanol–water partition coefficient (Wildman–Crippen LogP) is 0.946. The molecule has 0 saturated heterocycles. The van der Waals surface area contributed by atoms with Gasteiger partial charge < -0.3 is 21.5 Å². The van der Waals surface area contributed by atoms with Gasteiger partial charge in [-0.25, -0.2) is 0 Å². The van der Waals surface area contributed by atoms with Crippen LogP contribution in [0.25, 0.3) is 0 Å². The van der Waals surface area contributed by atoms with E-state index in [0.29, 0.717) is 12.1 Å². The molecule has 5 heteroatoms. The van der Waals surface area contributed by atoms with Gasteiger partial charge in [-0.3, -0.25) is 4.79 Å². The number of aliphatic hydroxyl groups excluding tert-OH is 1. The summed E-state index contributed by atoms with van der Waals surface area (Å²) in [5.74, 6) is -0.00857. The van der Waals surface area contributed by atoms with E-state index >= 15 is 0 Å². The van der Waals surface area contributed by atoms with E-state index < -0.39 is 0 Å². The SMILES string of the molecule is CCC(CO)Nc1cc2c(cc1N)CC(=O)N2. The number of rotatable bonds is 4. The molecule has 92 valence electrons. The number of benzene rings is 1. The third kappa shape index (κ3) is 2.34. The van der Waals surface area contributed by atoms with Gasteiger partial charge in [0.05, 0.1) is 24.4 Å². The van der Waals surface area contributed by atoms with Gasteiger partial charge in [0.15, 0.2) is 0 Å². The first-order valence-electron chi connectivity index (χ1n) is 5.73. The van der Waals surface area contributed by atoms with E-state index in [0.717, 1.165) is 23.4 Å². The Morgan fingerprint density at radius 2 is 2.35 bits per heavy atom. The molecule has 0 aliphatic carbocycles. The second-order valence-electron chi connectivity index (χ2n) is 4.25. The maximum atomic E-state index is 11.2. The van der Waals surface area contributed by atoms with Crippen LogP contribution in [-0.4, -0.2) is 23.7 Å². The van der Waals surface area contributed by atoms with E-state index in [9.17, 15) is 4.79 Å². The monoisotopic (exact) mass is 235 g/mol. The van der Waals surface area contributed by atoms with Gasteiger partial charge in [0.25, 0.3) is 0 Å². The van der Waals surface area contributed by atoms with Crippen LogP contribution in [0.2, 0.25) is 0 Å². The van der Waals surface area contributed by atoms with Crippen LogP contribution in [0.15, 0.2) is 12.1 Å². The molecule has 5 N–H and O–H groups in total. The lowest BCUT2D eigenvalue weighted by atomic mass is 10.1. The Balaban J connectivity index is 2.24. The zero-order valence-electron chi connectivity index (χ0n) is 9.79. The first-order chi connectivity index (χ1) is 8.13. The summed E-state index contributed by atoms with van der Waals surface area (Å²) < 4.78 is 0. The van der Waals surface area contributed by atoms with Crippen molar-refractivity contribution in [2.45, 2.75) is 25.8 Å². The van der Waals surface area contributed by atoms with Crippen molar-refractivity contribution in [1.29, 1.82) is 0 Å². The molecule has 1 heterocycles. The van der Waals surface area contributed by atoms with E-state index in [-0.39, 0.29) is 18.6 Å². The van der Waals surface area contributed by atoms with Crippen molar-refractivity contribution < 1.29 is 9.90 Å². The van der Waals surface area contributed by atoms with E-state index in [2.05, 4.69) is 10.6 Å². The zero-order chi connectivity index (χ0) is 12.4. The number of anilines is 3. The van der Waals surface area contributed by atoms with Gasteiger partial charge in [0.1, 0.15) is 0 Å². The standard InChI is InChI=1S/C12H17N3O2/c1-2-8(6-16)14-11-5-10-7(3-9(11)13)4-12(17)15-10/h3,5,8,14,16H,2,4,6,13H2,1H3,(H,15,17). The van der Waals surface area contributed by atoms with E-state index in [1.807, 2.05) is 13.0 Å². The lowest BCUT2D eigenvalue weighted by Gasteiger charge is -2.18. The highest BCUT2D eigenvalue weighted by Gasteiger charge is 2.19. The van der Waals surface area contributed by atoms with Crippen LogP contribution in [0, 0.1) is 0 Å². The molecule has 2 rings (SSSR count). The van der Waals surface area contributed by atoms with Crippen LogP contribution in [0.1, 0.15) is 18.9 Å². The molecule has 0 aromatic heterocycles. The maximum absolute atomic E-state index is 11.2. The van der Waals surface area contributed by atoms with Gasteiger partial charge in [0, 0.05) is 11.7 Å². The molecular formula is C12H17N3O2. The first kappa shape index (κ1) is 11.7. The minimum atomic E-state index is -0.0209. The van der Waals surface area contributed by atoms with E-state index in [4.69, 9.17) is 10.8 Å². The minimum Gasteiger partial charge on any atom is -0.397 e. The molecule has 5 nitrogen and oxygen atoms in total. The van der Waals surface area contributed by atoms with Gasteiger partial charge >= 0.3 is 0 Å². The van der Waals surface area contributed by atoms with E-state index in [1.54, 1.807) is 6.07 Å². The fraction of sp³-hybridized carbons (Fsp3) is 0.417. The number of hydrogen-bond donors (Lipinski definition) is 4. The molecule has 1 aliphatic rings. The first-order valence-corrected chi connectivity index (χ1v) is 5.73. The molecule has 17 heavy (non-hydrogen) atoms. The van der Waals surface area contributed by atoms with Crippen LogP contribution in [0.5, 0.6) is 0 Å². The Labute approximate surface area is 100 Å². The van der Waals surface area contributed by atoms with Crippen molar-refractivity contribution in [3.63, 3.8) is 0 Å². The summed E-state index contributed by atoms with van der Waals surface area (Å²) in [6, 6.07) is 3.61. The van der Waals surface area contributed by atoms with Crippen LogP contribution >= 0.6 is 0 Å². The molecule has 1 aliphatic heterocycles. The second-order valence-corrected chi connectivity index (χ2v) is 4.25. The third-order valence-corrected chi connectivity index (χ3v) is 2.97. The third-order valence-electron chi connectivity index (χ3n) is 2.97. The predicted molar refractivity (Wildman–Crippen MR) is 68.0 cm³/mol. The van der Waals surface area contributed by atoms with E-state index in [1.165, 1.54) is 0 Å². The zero-order valence-corrected chi connectivity index (χ0v) is 9.79.